The van der Waals surface area contributed by atoms with Gasteiger partial charge in [0.05, 0.1) is 12.1 Å². The molecule has 0 radical (unpaired) electrons. The number of imidazole rings is 1. The zero-order valence-corrected chi connectivity index (χ0v) is 18.4. The molecule has 32 heavy (non-hydrogen) atoms. The Hall–Kier alpha value is -2.33. The molecule has 0 saturated heterocycles. The molecule has 2 aliphatic carbocycles. The second kappa shape index (κ2) is 8.90. The number of nitrogens with one attached hydrogen (secondary N) is 1. The maximum Gasteiger partial charge on any atom is 0.419 e. The highest BCUT2D eigenvalue weighted by Crippen LogP contribution is 2.43. The first kappa shape index (κ1) is 22.8. The molecule has 174 valence electrons. The number of nitrogens with zero attached hydrogens (tertiary/aromatic N) is 4. The fourth-order valence-electron chi connectivity index (χ4n) is 4.34. The van der Waals surface area contributed by atoms with Crippen LogP contribution in [0.15, 0.2) is 12.3 Å². The molecule has 0 bridgehead atoms. The highest BCUT2D eigenvalue weighted by Gasteiger charge is 2.38. The number of carbonyl (C=O) groups is 2. The summed E-state index contributed by atoms with van der Waals surface area (Å²) in [6, 6.07) is 1.25. The van der Waals surface area contributed by atoms with Gasteiger partial charge in [0.15, 0.2) is 11.3 Å². The quantitative estimate of drug-likeness (QED) is 0.469. The van der Waals surface area contributed by atoms with E-state index in [1.54, 1.807) is 4.90 Å². The Morgan fingerprint density at radius 2 is 1.97 bits per heavy atom. The first-order chi connectivity index (χ1) is 15.2. The molecule has 7 nitrogen and oxygen atoms in total. The van der Waals surface area contributed by atoms with E-state index in [2.05, 4.69) is 10.4 Å². The lowest BCUT2D eigenvalue weighted by atomic mass is 10.1. The lowest BCUT2D eigenvalue weighted by molar-refractivity contribution is -0.136. The van der Waals surface area contributed by atoms with Gasteiger partial charge < -0.3 is 4.90 Å². The van der Waals surface area contributed by atoms with Gasteiger partial charge in [-0.2, -0.15) is 13.2 Å². The summed E-state index contributed by atoms with van der Waals surface area (Å²) >= 11 is 6.36. The van der Waals surface area contributed by atoms with Gasteiger partial charge in [0.2, 0.25) is 6.41 Å². The molecule has 2 saturated carbocycles. The highest BCUT2D eigenvalue weighted by atomic mass is 35.5. The number of carbonyl (C=O) groups excluding carboxylic acids is 2. The monoisotopic (exact) mass is 471 g/mol. The fourth-order valence-corrected chi connectivity index (χ4v) is 4.59. The Morgan fingerprint density at radius 3 is 2.53 bits per heavy atom. The molecule has 11 heteroatoms. The van der Waals surface area contributed by atoms with Crippen LogP contribution < -0.4 is 5.43 Å². The number of pyridine rings is 1. The average molecular weight is 472 g/mol. The predicted molar refractivity (Wildman–Crippen MR) is 112 cm³/mol. The first-order valence-electron chi connectivity index (χ1n) is 10.7. The lowest BCUT2D eigenvalue weighted by Gasteiger charge is -2.28. The van der Waals surface area contributed by atoms with Crippen molar-refractivity contribution in [2.45, 2.75) is 56.7 Å². The van der Waals surface area contributed by atoms with Crippen LogP contribution in [0, 0.1) is 0 Å². The second-order valence-electron chi connectivity index (χ2n) is 8.37. The summed E-state index contributed by atoms with van der Waals surface area (Å²) in [6.07, 6.45) is 3.30. The van der Waals surface area contributed by atoms with Crippen LogP contribution >= 0.6 is 11.6 Å². The van der Waals surface area contributed by atoms with Crippen LogP contribution in [0.3, 0.4) is 0 Å². The van der Waals surface area contributed by atoms with Crippen molar-refractivity contribution in [2.75, 3.05) is 20.1 Å². The van der Waals surface area contributed by atoms with Crippen LogP contribution in [0.25, 0.3) is 5.65 Å². The number of aromatic nitrogens is 2. The van der Waals surface area contributed by atoms with Gasteiger partial charge in [-0.1, -0.05) is 24.4 Å². The minimum Gasteiger partial charge on any atom is -0.340 e. The number of fused-ring (bicyclic) bond motifs is 1. The van der Waals surface area contributed by atoms with Crippen molar-refractivity contribution < 1.29 is 22.8 Å². The van der Waals surface area contributed by atoms with Crippen LogP contribution in [0.2, 0.25) is 5.15 Å². The molecule has 0 unspecified atom stereocenters. The Bertz CT molecular complexity index is 1020. The number of alkyl halides is 3. The van der Waals surface area contributed by atoms with Crippen LogP contribution in [0.4, 0.5) is 13.2 Å². The Balaban J connectivity index is 1.61. The number of amides is 2. The van der Waals surface area contributed by atoms with Gasteiger partial charge in [-0.15, -0.1) is 0 Å². The topological polar surface area (TPSA) is 69.9 Å². The smallest absolute Gasteiger partial charge is 0.340 e. The van der Waals surface area contributed by atoms with Gasteiger partial charge in [-0.05, 0) is 43.2 Å². The molecular formula is C21H25ClF3N5O2. The van der Waals surface area contributed by atoms with E-state index < -0.39 is 23.3 Å². The zero-order chi connectivity index (χ0) is 23.0. The summed E-state index contributed by atoms with van der Waals surface area (Å²) in [6.45, 7) is 0.444. The molecule has 2 fully saturated rings. The highest BCUT2D eigenvalue weighted by molar-refractivity contribution is 6.33. The molecule has 2 heterocycles. The molecule has 2 aromatic rings. The van der Waals surface area contributed by atoms with Gasteiger partial charge in [-0.3, -0.25) is 19.0 Å². The molecule has 4 rings (SSSR count). The summed E-state index contributed by atoms with van der Waals surface area (Å²) in [4.78, 5) is 30.2. The van der Waals surface area contributed by atoms with E-state index >= 15 is 0 Å². The van der Waals surface area contributed by atoms with Gasteiger partial charge in [-0.25, -0.2) is 10.4 Å². The summed E-state index contributed by atoms with van der Waals surface area (Å²) < 4.78 is 42.3. The maximum atomic E-state index is 13.7. The Kier molecular flexibility index (Phi) is 6.35. The van der Waals surface area contributed by atoms with E-state index in [-0.39, 0.29) is 29.4 Å². The number of rotatable bonds is 8. The predicted octanol–water partition coefficient (Wildman–Crippen LogP) is 3.86. The van der Waals surface area contributed by atoms with Crippen LogP contribution in [0.1, 0.15) is 66.1 Å². The minimum absolute atomic E-state index is 0.0665. The van der Waals surface area contributed by atoms with Crippen molar-refractivity contribution in [2.24, 2.45) is 0 Å². The van der Waals surface area contributed by atoms with Crippen molar-refractivity contribution in [1.82, 2.24) is 24.7 Å². The lowest BCUT2D eigenvalue weighted by Crippen LogP contribution is -2.46. The number of halogens is 4. The van der Waals surface area contributed by atoms with E-state index in [4.69, 9.17) is 11.6 Å². The number of hydrazine groups is 1. The van der Waals surface area contributed by atoms with E-state index in [0.29, 0.717) is 12.1 Å². The van der Waals surface area contributed by atoms with Gasteiger partial charge >= 0.3 is 6.18 Å². The van der Waals surface area contributed by atoms with Gasteiger partial charge in [0.25, 0.3) is 5.91 Å². The third kappa shape index (κ3) is 4.43. The summed E-state index contributed by atoms with van der Waals surface area (Å²) in [5.74, 6) is -0.587. The fraction of sp³-hybridized carbons (Fsp3) is 0.571. The van der Waals surface area contributed by atoms with Gasteiger partial charge in [0, 0.05) is 25.8 Å². The Labute approximate surface area is 188 Å². The van der Waals surface area contributed by atoms with Crippen molar-refractivity contribution in [3.05, 3.63) is 34.2 Å². The molecule has 0 aliphatic heterocycles. The van der Waals surface area contributed by atoms with E-state index in [0.717, 1.165) is 55.4 Å². The molecule has 2 amide bonds. The van der Waals surface area contributed by atoms with Crippen molar-refractivity contribution >= 4 is 29.6 Å². The maximum absolute atomic E-state index is 13.7. The second-order valence-corrected chi connectivity index (χ2v) is 8.72. The molecule has 1 N–H and O–H groups in total. The third-order valence-electron chi connectivity index (χ3n) is 6.27. The average Bonchev–Trinajstić information content (AvgIpc) is 3.37. The number of hydrogen-bond donors (Lipinski definition) is 1. The van der Waals surface area contributed by atoms with Crippen LogP contribution in [-0.2, 0) is 11.0 Å². The third-order valence-corrected chi connectivity index (χ3v) is 6.63. The van der Waals surface area contributed by atoms with Crippen LogP contribution in [-0.4, -0.2) is 57.8 Å². The number of hydrogen-bond acceptors (Lipinski definition) is 4. The summed E-state index contributed by atoms with van der Waals surface area (Å²) in [7, 11) is 1.52. The van der Waals surface area contributed by atoms with Crippen molar-refractivity contribution in [1.29, 1.82) is 0 Å². The first-order valence-corrected chi connectivity index (χ1v) is 11.1. The molecule has 0 atom stereocenters. The SMILES string of the molecule is CNN(CCN(C=O)C1CCCC1)C(=O)c1nc2c(C(F)(F)F)cc(C3CC3)cn2c1Cl. The molecule has 0 aromatic carbocycles. The standard InChI is InChI=1S/C21H25ClF3N5O2/c1-26-30(9-8-28(12-31)15-4-2-3-5-15)20(32)17-18(22)29-11-14(13-6-7-13)10-16(19(29)27-17)21(23,24)25/h10-13,15,26H,2-9H2,1H3. The van der Waals surface area contributed by atoms with Crippen LogP contribution in [0.5, 0.6) is 0 Å². The Morgan fingerprint density at radius 1 is 1.28 bits per heavy atom. The zero-order valence-electron chi connectivity index (χ0n) is 17.7. The van der Waals surface area contributed by atoms with E-state index in [9.17, 15) is 22.8 Å². The van der Waals surface area contributed by atoms with E-state index in [1.165, 1.54) is 18.3 Å². The largest absolute Gasteiger partial charge is 0.419 e. The summed E-state index contributed by atoms with van der Waals surface area (Å²) in [5.41, 5.74) is 1.70. The van der Waals surface area contributed by atoms with Crippen molar-refractivity contribution in [3.63, 3.8) is 0 Å². The van der Waals surface area contributed by atoms with Gasteiger partial charge in [0.1, 0.15) is 5.15 Å². The minimum atomic E-state index is -4.63. The normalized spacial score (nSPS) is 17.2. The molecular weight excluding hydrogens is 447 g/mol. The molecule has 2 aliphatic rings. The van der Waals surface area contributed by atoms with Crippen molar-refractivity contribution in [3.8, 4) is 0 Å². The molecule has 2 aromatic heterocycles. The molecule has 0 spiro atoms. The van der Waals surface area contributed by atoms with E-state index in [1.807, 2.05) is 0 Å². The summed E-state index contributed by atoms with van der Waals surface area (Å²) in [5, 5.41) is 1.05.